The molecule has 1 saturated carbocycles. The first-order valence-corrected chi connectivity index (χ1v) is 8.96. The summed E-state index contributed by atoms with van der Waals surface area (Å²) in [6.45, 7) is 2.71. The third-order valence-corrected chi connectivity index (χ3v) is 5.85. The van der Waals surface area contributed by atoms with Gasteiger partial charge in [0.05, 0.1) is 18.3 Å². The van der Waals surface area contributed by atoms with Gasteiger partial charge in [0.1, 0.15) is 0 Å². The fourth-order valence-electron chi connectivity index (χ4n) is 4.71. The maximum atomic E-state index is 12.0. The second kappa shape index (κ2) is 6.34. The zero-order chi connectivity index (χ0) is 16.7. The van der Waals surface area contributed by atoms with Crippen LogP contribution in [0.5, 0.6) is 0 Å². The third kappa shape index (κ3) is 2.78. The van der Waals surface area contributed by atoms with Gasteiger partial charge in [-0.15, -0.1) is 0 Å². The number of carbonyl (C=O) groups excluding carboxylic acids is 1. The Morgan fingerprint density at radius 3 is 2.83 bits per heavy atom. The molecule has 4 rings (SSSR count). The molecule has 1 amide bonds. The van der Waals surface area contributed by atoms with Crippen molar-refractivity contribution in [3.8, 4) is 0 Å². The van der Waals surface area contributed by atoms with Crippen molar-refractivity contribution in [2.45, 2.75) is 31.7 Å². The Morgan fingerprint density at radius 2 is 1.96 bits per heavy atom. The first-order valence-electron chi connectivity index (χ1n) is 8.96. The molecule has 0 unspecified atom stereocenters. The molecular weight excluding hydrogens is 302 g/mol. The molecule has 2 aliphatic heterocycles. The van der Waals surface area contributed by atoms with Crippen LogP contribution >= 0.6 is 0 Å². The van der Waals surface area contributed by atoms with Gasteiger partial charge >= 0.3 is 0 Å². The van der Waals surface area contributed by atoms with Crippen molar-refractivity contribution in [1.29, 1.82) is 0 Å². The molecule has 0 aromatic carbocycles. The molecule has 128 valence electrons. The molecule has 2 fully saturated rings. The van der Waals surface area contributed by atoms with E-state index >= 15 is 0 Å². The van der Waals surface area contributed by atoms with Gasteiger partial charge in [-0.2, -0.15) is 0 Å². The van der Waals surface area contributed by atoms with Gasteiger partial charge in [0.25, 0.3) is 0 Å². The molecule has 8 atom stereocenters. The molecule has 4 nitrogen and oxygen atoms in total. The number of carbonyl (C=O) groups is 1. The van der Waals surface area contributed by atoms with Gasteiger partial charge in [-0.3, -0.25) is 4.79 Å². The van der Waals surface area contributed by atoms with Gasteiger partial charge < -0.3 is 15.2 Å². The van der Waals surface area contributed by atoms with E-state index in [1.807, 2.05) is 18.2 Å². The van der Waals surface area contributed by atoms with Gasteiger partial charge in [-0.1, -0.05) is 49.5 Å². The Kier molecular flexibility index (Phi) is 4.19. The lowest BCUT2D eigenvalue weighted by Gasteiger charge is -2.32. The van der Waals surface area contributed by atoms with Gasteiger partial charge in [-0.05, 0) is 24.3 Å². The van der Waals surface area contributed by atoms with E-state index in [0.29, 0.717) is 18.4 Å². The Balaban J connectivity index is 1.68. The Morgan fingerprint density at radius 1 is 1.12 bits per heavy atom. The van der Waals surface area contributed by atoms with Gasteiger partial charge in [0, 0.05) is 24.3 Å². The molecule has 4 aliphatic rings. The molecule has 1 saturated heterocycles. The fraction of sp³-hybridized carbons (Fsp3) is 0.550. The molecule has 0 radical (unpaired) electrons. The minimum Gasteiger partial charge on any atom is -0.390 e. The van der Waals surface area contributed by atoms with Crippen molar-refractivity contribution < 1.29 is 14.6 Å². The molecule has 24 heavy (non-hydrogen) atoms. The van der Waals surface area contributed by atoms with Crippen molar-refractivity contribution >= 4 is 5.91 Å². The number of allylic oxidation sites excluding steroid dienone is 5. The van der Waals surface area contributed by atoms with E-state index in [1.165, 1.54) is 0 Å². The Labute approximate surface area is 143 Å². The monoisotopic (exact) mass is 327 g/mol. The molecule has 0 bridgehead atoms. The molecule has 2 aliphatic carbocycles. The number of aliphatic hydroxyl groups excluding tert-OH is 1. The predicted octanol–water partition coefficient (Wildman–Crippen LogP) is 1.99. The number of hydrogen-bond donors (Lipinski definition) is 2. The zero-order valence-electron chi connectivity index (χ0n) is 13.9. The highest BCUT2D eigenvalue weighted by atomic mass is 16.5. The van der Waals surface area contributed by atoms with E-state index < -0.39 is 0 Å². The van der Waals surface area contributed by atoms with E-state index in [4.69, 9.17) is 4.74 Å². The van der Waals surface area contributed by atoms with E-state index in [-0.39, 0.29) is 42.0 Å². The lowest BCUT2D eigenvalue weighted by atomic mass is 9.70. The van der Waals surface area contributed by atoms with Crippen LogP contribution in [0.2, 0.25) is 0 Å². The molecule has 2 N–H and O–H groups in total. The SMILES string of the molecule is C[C@H]1/C=C\C=C/[C@@H]2O[C@H]3[C@H]4[C@H]2[C@H](C=C[C@H]4C[C@H]3O)/C=C\C(=O)NC1. The second-order valence-electron chi connectivity index (χ2n) is 7.50. The van der Waals surface area contributed by atoms with Crippen LogP contribution in [0.1, 0.15) is 13.3 Å². The largest absolute Gasteiger partial charge is 0.390 e. The van der Waals surface area contributed by atoms with Gasteiger partial charge in [0.2, 0.25) is 5.91 Å². The first-order chi connectivity index (χ1) is 11.6. The third-order valence-electron chi connectivity index (χ3n) is 5.85. The standard InChI is InChI=1S/C20H25NO3/c1-12-4-2-3-5-16-18-13(8-9-17(23)21-11-12)6-7-14-10-15(22)20(24-16)19(14)18/h2-9,12-16,18-20,22H,10-11H2,1H3,(H,21,23)/b4-2-,5-3-,9-8-/t12-,13+,14-,15+,16-,18-,19+,20+/m0/s1. The van der Waals surface area contributed by atoms with E-state index in [9.17, 15) is 9.90 Å². The van der Waals surface area contributed by atoms with Crippen molar-refractivity contribution in [2.75, 3.05) is 6.54 Å². The van der Waals surface area contributed by atoms with E-state index in [0.717, 1.165) is 6.42 Å². The second-order valence-corrected chi connectivity index (χ2v) is 7.50. The Bertz CT molecular complexity index is 620. The number of ether oxygens (including phenoxy) is 1. The summed E-state index contributed by atoms with van der Waals surface area (Å²) >= 11 is 0. The number of rotatable bonds is 0. The normalized spacial score (nSPS) is 50.8. The van der Waals surface area contributed by atoms with Crippen molar-refractivity contribution in [3.63, 3.8) is 0 Å². The minimum atomic E-state index is -0.383. The Hall–Kier alpha value is -1.65. The summed E-state index contributed by atoms with van der Waals surface area (Å²) in [5.41, 5.74) is 0. The highest BCUT2D eigenvalue weighted by molar-refractivity contribution is 5.87. The van der Waals surface area contributed by atoms with Crippen molar-refractivity contribution in [3.05, 3.63) is 48.6 Å². The molecule has 0 aromatic rings. The average Bonchev–Trinajstić information content (AvgIpc) is 3.10. The quantitative estimate of drug-likeness (QED) is 0.669. The fourth-order valence-corrected chi connectivity index (χ4v) is 4.71. The van der Waals surface area contributed by atoms with E-state index in [2.05, 4.69) is 36.5 Å². The summed E-state index contributed by atoms with van der Waals surface area (Å²) in [5.74, 6) is 1.42. The number of aliphatic hydroxyl groups is 1. The average molecular weight is 327 g/mol. The first kappa shape index (κ1) is 15.9. The number of hydrogen-bond acceptors (Lipinski definition) is 3. The molecular formula is C20H25NO3. The van der Waals surface area contributed by atoms with Crippen LogP contribution in [0.4, 0.5) is 0 Å². The maximum Gasteiger partial charge on any atom is 0.243 e. The smallest absolute Gasteiger partial charge is 0.243 e. The van der Waals surface area contributed by atoms with Gasteiger partial charge in [0.15, 0.2) is 0 Å². The van der Waals surface area contributed by atoms with Crippen LogP contribution < -0.4 is 5.32 Å². The number of amides is 1. The molecule has 4 heteroatoms. The molecule has 0 aromatic heterocycles. The summed E-state index contributed by atoms with van der Waals surface area (Å²) < 4.78 is 6.23. The van der Waals surface area contributed by atoms with E-state index in [1.54, 1.807) is 6.08 Å². The zero-order valence-corrected chi connectivity index (χ0v) is 13.9. The van der Waals surface area contributed by atoms with Crippen molar-refractivity contribution in [2.24, 2.45) is 29.6 Å². The van der Waals surface area contributed by atoms with Crippen molar-refractivity contribution in [1.82, 2.24) is 5.32 Å². The highest BCUT2D eigenvalue weighted by Crippen LogP contribution is 2.53. The predicted molar refractivity (Wildman–Crippen MR) is 92.0 cm³/mol. The molecule has 0 spiro atoms. The summed E-state index contributed by atoms with van der Waals surface area (Å²) in [7, 11) is 0. The topological polar surface area (TPSA) is 58.6 Å². The molecule has 2 heterocycles. The maximum absolute atomic E-state index is 12.0. The number of nitrogens with one attached hydrogen (secondary N) is 1. The van der Waals surface area contributed by atoms with Crippen LogP contribution in [0.15, 0.2) is 48.6 Å². The summed E-state index contributed by atoms with van der Waals surface area (Å²) in [6.07, 6.45) is 16.6. The summed E-state index contributed by atoms with van der Waals surface area (Å²) in [6, 6.07) is 0. The summed E-state index contributed by atoms with van der Waals surface area (Å²) in [4.78, 5) is 12.0. The lowest BCUT2D eigenvalue weighted by Crippen LogP contribution is -2.32. The van der Waals surface area contributed by atoms with Crippen LogP contribution in [-0.4, -0.2) is 35.9 Å². The highest BCUT2D eigenvalue weighted by Gasteiger charge is 2.56. The minimum absolute atomic E-state index is 0.0131. The summed E-state index contributed by atoms with van der Waals surface area (Å²) in [5, 5.41) is 13.3. The van der Waals surface area contributed by atoms with Gasteiger partial charge in [-0.25, -0.2) is 0 Å². The van der Waals surface area contributed by atoms with Crippen LogP contribution in [0.25, 0.3) is 0 Å². The van der Waals surface area contributed by atoms with Crippen LogP contribution in [0.3, 0.4) is 0 Å². The lowest BCUT2D eigenvalue weighted by molar-refractivity contribution is -0.116. The van der Waals surface area contributed by atoms with Crippen LogP contribution in [-0.2, 0) is 9.53 Å². The van der Waals surface area contributed by atoms with Crippen LogP contribution in [0, 0.1) is 29.6 Å².